The molecular formula is C7H16O4S. The summed E-state index contributed by atoms with van der Waals surface area (Å²) in [5, 5.41) is 0. The van der Waals surface area contributed by atoms with E-state index in [9.17, 15) is 8.42 Å². The SMILES string of the molecule is CCC(C)OCCCS(=O)(=O)O. The molecule has 0 aromatic carbocycles. The van der Waals surface area contributed by atoms with Gasteiger partial charge in [-0.3, -0.25) is 4.55 Å². The minimum atomic E-state index is -3.81. The summed E-state index contributed by atoms with van der Waals surface area (Å²) in [5.41, 5.74) is 0. The molecule has 4 nitrogen and oxygen atoms in total. The van der Waals surface area contributed by atoms with Gasteiger partial charge in [0.05, 0.1) is 11.9 Å². The minimum Gasteiger partial charge on any atom is -0.378 e. The van der Waals surface area contributed by atoms with Gasteiger partial charge in [-0.2, -0.15) is 8.42 Å². The normalized spacial score (nSPS) is 14.6. The van der Waals surface area contributed by atoms with Gasteiger partial charge >= 0.3 is 0 Å². The Kier molecular flexibility index (Phi) is 5.44. The summed E-state index contributed by atoms with van der Waals surface area (Å²) >= 11 is 0. The lowest BCUT2D eigenvalue weighted by Gasteiger charge is -2.09. The van der Waals surface area contributed by atoms with Gasteiger partial charge in [0.1, 0.15) is 0 Å². The van der Waals surface area contributed by atoms with E-state index < -0.39 is 10.1 Å². The lowest BCUT2D eigenvalue weighted by molar-refractivity contribution is 0.0643. The van der Waals surface area contributed by atoms with E-state index in [1.807, 2.05) is 13.8 Å². The summed E-state index contributed by atoms with van der Waals surface area (Å²) in [6.45, 7) is 4.30. The molecule has 0 fully saturated rings. The minimum absolute atomic E-state index is 0.159. The second-order valence-electron chi connectivity index (χ2n) is 2.73. The molecule has 0 aliphatic heterocycles. The van der Waals surface area contributed by atoms with Crippen molar-refractivity contribution < 1.29 is 17.7 Å². The van der Waals surface area contributed by atoms with Crippen molar-refractivity contribution in [3.8, 4) is 0 Å². The van der Waals surface area contributed by atoms with Crippen LogP contribution in [0.2, 0.25) is 0 Å². The largest absolute Gasteiger partial charge is 0.378 e. The first kappa shape index (κ1) is 11.9. The molecule has 1 atom stereocenters. The molecule has 1 N–H and O–H groups in total. The highest BCUT2D eigenvalue weighted by Gasteiger charge is 2.04. The molecule has 0 saturated carbocycles. The zero-order valence-corrected chi connectivity index (χ0v) is 8.30. The van der Waals surface area contributed by atoms with E-state index in [-0.39, 0.29) is 11.9 Å². The Morgan fingerprint density at radius 1 is 1.50 bits per heavy atom. The van der Waals surface area contributed by atoms with E-state index >= 15 is 0 Å². The van der Waals surface area contributed by atoms with Crippen LogP contribution >= 0.6 is 0 Å². The molecule has 0 amide bonds. The van der Waals surface area contributed by atoms with Gasteiger partial charge in [-0.1, -0.05) is 6.92 Å². The molecular weight excluding hydrogens is 180 g/mol. The molecule has 0 saturated heterocycles. The van der Waals surface area contributed by atoms with Crippen LogP contribution in [0.15, 0.2) is 0 Å². The topological polar surface area (TPSA) is 63.6 Å². The van der Waals surface area contributed by atoms with Crippen LogP contribution in [0.5, 0.6) is 0 Å². The Labute approximate surface area is 73.7 Å². The van der Waals surface area contributed by atoms with Gasteiger partial charge in [-0.15, -0.1) is 0 Å². The van der Waals surface area contributed by atoms with Gasteiger partial charge in [0.2, 0.25) is 0 Å². The Balaban J connectivity index is 3.34. The smallest absolute Gasteiger partial charge is 0.264 e. The second-order valence-corrected chi connectivity index (χ2v) is 4.30. The van der Waals surface area contributed by atoms with Crippen molar-refractivity contribution in [2.45, 2.75) is 32.8 Å². The van der Waals surface area contributed by atoms with Crippen molar-refractivity contribution in [3.05, 3.63) is 0 Å². The maximum absolute atomic E-state index is 10.2. The fraction of sp³-hybridized carbons (Fsp3) is 1.00. The zero-order valence-electron chi connectivity index (χ0n) is 7.49. The average Bonchev–Trinajstić information content (AvgIpc) is 1.96. The predicted molar refractivity (Wildman–Crippen MR) is 46.7 cm³/mol. The Bertz CT molecular complexity index is 197. The first-order valence-electron chi connectivity index (χ1n) is 4.02. The third-order valence-corrected chi connectivity index (χ3v) is 2.33. The molecule has 0 bridgehead atoms. The van der Waals surface area contributed by atoms with Crippen LogP contribution in [0, 0.1) is 0 Å². The summed E-state index contributed by atoms with van der Waals surface area (Å²) in [4.78, 5) is 0. The molecule has 0 heterocycles. The lowest BCUT2D eigenvalue weighted by Crippen LogP contribution is -2.11. The first-order chi connectivity index (χ1) is 5.45. The highest BCUT2D eigenvalue weighted by atomic mass is 32.2. The number of hydrogen-bond donors (Lipinski definition) is 1. The molecule has 0 aromatic heterocycles. The van der Waals surface area contributed by atoms with Gasteiger partial charge in [0.25, 0.3) is 10.1 Å². The number of rotatable bonds is 6. The first-order valence-corrected chi connectivity index (χ1v) is 5.63. The van der Waals surface area contributed by atoms with Gasteiger partial charge in [0.15, 0.2) is 0 Å². The van der Waals surface area contributed by atoms with Crippen LogP contribution < -0.4 is 0 Å². The highest BCUT2D eigenvalue weighted by Crippen LogP contribution is 1.97. The van der Waals surface area contributed by atoms with Gasteiger partial charge < -0.3 is 4.74 Å². The van der Waals surface area contributed by atoms with Crippen molar-refractivity contribution in [2.24, 2.45) is 0 Å². The van der Waals surface area contributed by atoms with Crippen molar-refractivity contribution in [1.29, 1.82) is 0 Å². The summed E-state index contributed by atoms with van der Waals surface area (Å²) in [5.74, 6) is -0.219. The second kappa shape index (κ2) is 5.50. The van der Waals surface area contributed by atoms with E-state index in [4.69, 9.17) is 9.29 Å². The molecule has 0 spiro atoms. The van der Waals surface area contributed by atoms with Crippen LogP contribution in [-0.4, -0.2) is 31.4 Å². The average molecular weight is 196 g/mol. The molecule has 0 rings (SSSR count). The third kappa shape index (κ3) is 7.97. The monoisotopic (exact) mass is 196 g/mol. The quantitative estimate of drug-likeness (QED) is 0.510. The summed E-state index contributed by atoms with van der Waals surface area (Å²) < 4.78 is 34.1. The fourth-order valence-corrected chi connectivity index (χ4v) is 1.13. The Morgan fingerprint density at radius 3 is 2.50 bits per heavy atom. The Hall–Kier alpha value is -0.130. The fourth-order valence-electron chi connectivity index (χ4n) is 0.644. The van der Waals surface area contributed by atoms with E-state index in [0.29, 0.717) is 13.0 Å². The molecule has 0 aromatic rings. The van der Waals surface area contributed by atoms with Crippen molar-refractivity contribution in [3.63, 3.8) is 0 Å². The Morgan fingerprint density at radius 2 is 2.08 bits per heavy atom. The molecule has 0 aliphatic rings. The zero-order chi connectivity index (χ0) is 9.61. The van der Waals surface area contributed by atoms with Gasteiger partial charge in [-0.05, 0) is 19.8 Å². The van der Waals surface area contributed by atoms with E-state index in [2.05, 4.69) is 0 Å². The van der Waals surface area contributed by atoms with Crippen LogP contribution in [0.25, 0.3) is 0 Å². The van der Waals surface area contributed by atoms with Crippen LogP contribution in [0.4, 0.5) is 0 Å². The van der Waals surface area contributed by atoms with Crippen molar-refractivity contribution in [1.82, 2.24) is 0 Å². The van der Waals surface area contributed by atoms with E-state index in [1.54, 1.807) is 0 Å². The summed E-state index contributed by atoms with van der Waals surface area (Å²) in [6, 6.07) is 0. The van der Waals surface area contributed by atoms with Crippen LogP contribution in [-0.2, 0) is 14.9 Å². The van der Waals surface area contributed by atoms with Crippen molar-refractivity contribution >= 4 is 10.1 Å². The number of hydrogen-bond acceptors (Lipinski definition) is 3. The van der Waals surface area contributed by atoms with Crippen molar-refractivity contribution in [2.75, 3.05) is 12.4 Å². The van der Waals surface area contributed by atoms with Crippen LogP contribution in [0.3, 0.4) is 0 Å². The molecule has 74 valence electrons. The van der Waals surface area contributed by atoms with Gasteiger partial charge in [0, 0.05) is 6.61 Å². The maximum Gasteiger partial charge on any atom is 0.264 e. The summed E-state index contributed by atoms with van der Waals surface area (Å²) in [7, 11) is -3.81. The maximum atomic E-state index is 10.2. The number of ether oxygens (including phenoxy) is 1. The summed E-state index contributed by atoms with van der Waals surface area (Å²) in [6.07, 6.45) is 1.42. The third-order valence-electron chi connectivity index (χ3n) is 1.52. The lowest BCUT2D eigenvalue weighted by atomic mass is 10.3. The molecule has 12 heavy (non-hydrogen) atoms. The predicted octanol–water partition coefficient (Wildman–Crippen LogP) is 1.08. The molecule has 5 heteroatoms. The highest BCUT2D eigenvalue weighted by molar-refractivity contribution is 7.85. The standard InChI is InChI=1S/C7H16O4S/c1-3-7(2)11-5-4-6-12(8,9)10/h7H,3-6H2,1-2H3,(H,8,9,10). The van der Waals surface area contributed by atoms with E-state index in [1.165, 1.54) is 0 Å². The van der Waals surface area contributed by atoms with Crippen LogP contribution in [0.1, 0.15) is 26.7 Å². The van der Waals surface area contributed by atoms with Gasteiger partial charge in [-0.25, -0.2) is 0 Å². The van der Waals surface area contributed by atoms with E-state index in [0.717, 1.165) is 6.42 Å². The molecule has 0 radical (unpaired) electrons. The molecule has 1 unspecified atom stereocenters. The molecule has 0 aliphatic carbocycles.